The second-order valence-corrected chi connectivity index (χ2v) is 8.02. The highest BCUT2D eigenvalue weighted by Gasteiger charge is 2.16. The Labute approximate surface area is 175 Å². The van der Waals surface area contributed by atoms with Gasteiger partial charge in [0, 0.05) is 35.5 Å². The summed E-state index contributed by atoms with van der Waals surface area (Å²) >= 11 is 0. The molecule has 0 amide bonds. The van der Waals surface area contributed by atoms with Gasteiger partial charge in [-0.1, -0.05) is 42.5 Å². The second kappa shape index (κ2) is 6.74. The number of rotatable bonds is 3. The number of pyridine rings is 1. The van der Waals surface area contributed by atoms with Gasteiger partial charge in [-0.3, -0.25) is 4.98 Å². The highest BCUT2D eigenvalue weighted by atomic mass is 16.5. The molecule has 1 aliphatic heterocycles. The normalized spacial score (nSPS) is 13.0. The van der Waals surface area contributed by atoms with Crippen LogP contribution in [0.5, 0.6) is 5.75 Å². The molecular formula is C27H22N2O. The monoisotopic (exact) mass is 390 g/mol. The third kappa shape index (κ3) is 2.70. The number of hydrogen-bond acceptors (Lipinski definition) is 2. The highest BCUT2D eigenvalue weighted by molar-refractivity contribution is 6.10. The molecule has 3 heterocycles. The van der Waals surface area contributed by atoms with Crippen molar-refractivity contribution in [1.29, 1.82) is 0 Å². The summed E-state index contributed by atoms with van der Waals surface area (Å²) in [5, 5.41) is 2.54. The van der Waals surface area contributed by atoms with Crippen molar-refractivity contribution in [2.24, 2.45) is 0 Å². The largest absolute Gasteiger partial charge is 0.493 e. The maximum absolute atomic E-state index is 5.68. The van der Waals surface area contributed by atoms with Crippen LogP contribution in [0.2, 0.25) is 0 Å². The van der Waals surface area contributed by atoms with Crippen LogP contribution in [0.4, 0.5) is 0 Å². The van der Waals surface area contributed by atoms with Crippen LogP contribution in [0.3, 0.4) is 0 Å². The van der Waals surface area contributed by atoms with Gasteiger partial charge in [-0.15, -0.1) is 0 Å². The quantitative estimate of drug-likeness (QED) is 0.369. The molecule has 30 heavy (non-hydrogen) atoms. The molecule has 0 saturated carbocycles. The maximum atomic E-state index is 5.68. The Morgan fingerprint density at radius 3 is 2.63 bits per heavy atom. The minimum absolute atomic E-state index is 0.789. The molecular weight excluding hydrogens is 368 g/mol. The molecule has 1 aliphatic rings. The number of aryl methyl sites for hydroxylation is 1. The van der Waals surface area contributed by atoms with Crippen molar-refractivity contribution in [2.75, 3.05) is 6.61 Å². The fraction of sp³-hybridized carbons (Fsp3) is 0.148. The van der Waals surface area contributed by atoms with Crippen LogP contribution >= 0.6 is 0 Å². The summed E-state index contributed by atoms with van der Waals surface area (Å²) in [5.74, 6) is 1.03. The Kier molecular flexibility index (Phi) is 3.88. The molecule has 3 heteroatoms. The predicted octanol–water partition coefficient (Wildman–Crippen LogP) is 6.15. The van der Waals surface area contributed by atoms with Crippen molar-refractivity contribution in [2.45, 2.75) is 19.9 Å². The SMILES string of the molecule is Cc1nccc2c3cc(-c4ccc5c(c4)CCO5)ccc3n(Cc3ccccc3)c12. The lowest BCUT2D eigenvalue weighted by Crippen LogP contribution is -2.00. The van der Waals surface area contributed by atoms with Crippen molar-refractivity contribution in [1.82, 2.24) is 9.55 Å². The molecule has 0 radical (unpaired) electrons. The van der Waals surface area contributed by atoms with E-state index in [0.29, 0.717) is 0 Å². The minimum atomic E-state index is 0.789. The van der Waals surface area contributed by atoms with Gasteiger partial charge in [0.1, 0.15) is 5.75 Å². The third-order valence-corrected chi connectivity index (χ3v) is 6.16. The van der Waals surface area contributed by atoms with E-state index >= 15 is 0 Å². The van der Waals surface area contributed by atoms with Crippen LogP contribution in [-0.4, -0.2) is 16.2 Å². The summed E-state index contributed by atoms with van der Waals surface area (Å²) in [6, 6.07) is 26.2. The van der Waals surface area contributed by atoms with Crippen LogP contribution < -0.4 is 4.74 Å². The molecule has 0 spiro atoms. The number of hydrogen-bond donors (Lipinski definition) is 0. The summed E-state index contributed by atoms with van der Waals surface area (Å²) in [6.45, 7) is 3.73. The molecule has 0 bridgehead atoms. The van der Waals surface area contributed by atoms with E-state index in [-0.39, 0.29) is 0 Å². The Balaban J connectivity index is 1.56. The van der Waals surface area contributed by atoms with Crippen molar-refractivity contribution in [3.63, 3.8) is 0 Å². The van der Waals surface area contributed by atoms with E-state index in [1.54, 1.807) is 0 Å². The van der Waals surface area contributed by atoms with E-state index in [4.69, 9.17) is 4.74 Å². The molecule has 3 aromatic carbocycles. The number of aromatic nitrogens is 2. The zero-order chi connectivity index (χ0) is 20.1. The topological polar surface area (TPSA) is 27.1 Å². The number of benzene rings is 3. The van der Waals surface area contributed by atoms with Crippen LogP contribution in [0, 0.1) is 6.92 Å². The minimum Gasteiger partial charge on any atom is -0.493 e. The Hall–Kier alpha value is -3.59. The number of ether oxygens (including phenoxy) is 1. The summed E-state index contributed by atoms with van der Waals surface area (Å²) in [7, 11) is 0. The van der Waals surface area contributed by atoms with Crippen LogP contribution in [-0.2, 0) is 13.0 Å². The summed E-state index contributed by atoms with van der Waals surface area (Å²) in [5.41, 5.74) is 8.62. The van der Waals surface area contributed by atoms with E-state index < -0.39 is 0 Å². The molecule has 0 N–H and O–H groups in total. The van der Waals surface area contributed by atoms with Crippen molar-refractivity contribution >= 4 is 21.8 Å². The van der Waals surface area contributed by atoms with Gasteiger partial charge in [0.15, 0.2) is 0 Å². The Bertz CT molecular complexity index is 1400. The van der Waals surface area contributed by atoms with Gasteiger partial charge in [0.25, 0.3) is 0 Å². The molecule has 0 aliphatic carbocycles. The van der Waals surface area contributed by atoms with Crippen LogP contribution in [0.15, 0.2) is 79.0 Å². The Morgan fingerprint density at radius 1 is 0.900 bits per heavy atom. The number of fused-ring (bicyclic) bond motifs is 4. The van der Waals surface area contributed by atoms with Gasteiger partial charge in [-0.2, -0.15) is 0 Å². The molecule has 0 unspecified atom stereocenters. The first kappa shape index (κ1) is 17.3. The molecule has 6 rings (SSSR count). The second-order valence-electron chi connectivity index (χ2n) is 8.02. The van der Waals surface area contributed by atoms with Gasteiger partial charge in [0.2, 0.25) is 0 Å². The smallest absolute Gasteiger partial charge is 0.122 e. The van der Waals surface area contributed by atoms with Gasteiger partial charge < -0.3 is 9.30 Å². The highest BCUT2D eigenvalue weighted by Crippen LogP contribution is 2.36. The standard InChI is InChI=1S/C27H22N2O/c1-18-27-23(11-13-28-18)24-16-21(20-8-10-26-22(15-20)12-14-30-26)7-9-25(24)29(27)17-19-5-3-2-4-6-19/h2-11,13,15-16H,12,14,17H2,1H3. The lowest BCUT2D eigenvalue weighted by molar-refractivity contribution is 0.357. The lowest BCUT2D eigenvalue weighted by atomic mass is 10.00. The first-order chi connectivity index (χ1) is 14.8. The first-order valence-electron chi connectivity index (χ1n) is 10.5. The van der Waals surface area contributed by atoms with Gasteiger partial charge >= 0.3 is 0 Å². The van der Waals surface area contributed by atoms with E-state index in [1.807, 2.05) is 6.20 Å². The van der Waals surface area contributed by atoms with Crippen molar-refractivity contribution < 1.29 is 4.74 Å². The molecule has 0 saturated heterocycles. The first-order valence-corrected chi connectivity index (χ1v) is 10.5. The average molecular weight is 390 g/mol. The predicted molar refractivity (Wildman–Crippen MR) is 122 cm³/mol. The summed E-state index contributed by atoms with van der Waals surface area (Å²) in [6.07, 6.45) is 2.91. The molecule has 3 nitrogen and oxygen atoms in total. The number of nitrogens with zero attached hydrogens (tertiary/aromatic N) is 2. The van der Waals surface area contributed by atoms with E-state index in [0.717, 1.165) is 31.0 Å². The zero-order valence-electron chi connectivity index (χ0n) is 16.9. The Morgan fingerprint density at radius 2 is 1.73 bits per heavy atom. The fourth-order valence-corrected chi connectivity index (χ4v) is 4.70. The summed E-state index contributed by atoms with van der Waals surface area (Å²) in [4.78, 5) is 4.59. The van der Waals surface area contributed by atoms with Gasteiger partial charge in [-0.05, 0) is 59.5 Å². The van der Waals surface area contributed by atoms with Gasteiger partial charge in [-0.25, -0.2) is 0 Å². The molecule has 0 atom stereocenters. The lowest BCUT2D eigenvalue weighted by Gasteiger charge is -2.09. The van der Waals surface area contributed by atoms with E-state index in [2.05, 4.69) is 89.3 Å². The molecule has 146 valence electrons. The zero-order valence-corrected chi connectivity index (χ0v) is 16.9. The fourth-order valence-electron chi connectivity index (χ4n) is 4.70. The van der Waals surface area contributed by atoms with Crippen molar-refractivity contribution in [3.05, 3.63) is 95.8 Å². The average Bonchev–Trinajstić information content (AvgIpc) is 3.37. The van der Waals surface area contributed by atoms with Crippen LogP contribution in [0.1, 0.15) is 16.8 Å². The van der Waals surface area contributed by atoms with E-state index in [9.17, 15) is 0 Å². The van der Waals surface area contributed by atoms with E-state index in [1.165, 1.54) is 44.1 Å². The van der Waals surface area contributed by atoms with Crippen molar-refractivity contribution in [3.8, 4) is 16.9 Å². The summed E-state index contributed by atoms with van der Waals surface area (Å²) < 4.78 is 8.09. The molecule has 5 aromatic rings. The van der Waals surface area contributed by atoms with Gasteiger partial charge in [0.05, 0.1) is 17.8 Å². The molecule has 0 fully saturated rings. The van der Waals surface area contributed by atoms with Crippen LogP contribution in [0.25, 0.3) is 32.9 Å². The third-order valence-electron chi connectivity index (χ3n) is 6.16. The maximum Gasteiger partial charge on any atom is 0.122 e. The molecule has 2 aromatic heterocycles.